The van der Waals surface area contributed by atoms with Crippen molar-refractivity contribution in [3.63, 3.8) is 0 Å². The quantitative estimate of drug-likeness (QED) is 0.773. The number of rotatable bonds is 3. The lowest BCUT2D eigenvalue weighted by Crippen LogP contribution is -2.06. The second-order valence-electron chi connectivity index (χ2n) is 5.23. The Labute approximate surface area is 136 Å². The van der Waals surface area contributed by atoms with E-state index in [9.17, 15) is 14.0 Å². The molecular formula is C16H14FN5O2. The summed E-state index contributed by atoms with van der Waals surface area (Å²) < 4.78 is 15.7. The minimum absolute atomic E-state index is 0.217. The smallest absolute Gasteiger partial charge is 0.234 e. The maximum Gasteiger partial charge on any atom is 0.234 e. The van der Waals surface area contributed by atoms with Crippen LogP contribution in [0.3, 0.4) is 0 Å². The normalized spacial score (nSPS) is 10.6. The van der Waals surface area contributed by atoms with Gasteiger partial charge in [-0.15, -0.1) is 0 Å². The average molecular weight is 327 g/mol. The van der Waals surface area contributed by atoms with Gasteiger partial charge in [0, 0.05) is 37.5 Å². The van der Waals surface area contributed by atoms with Gasteiger partial charge in [-0.25, -0.2) is 14.4 Å². The Morgan fingerprint density at radius 1 is 1.08 bits per heavy atom. The van der Waals surface area contributed by atoms with Gasteiger partial charge in [0.1, 0.15) is 5.82 Å². The van der Waals surface area contributed by atoms with Gasteiger partial charge in [-0.3, -0.25) is 14.0 Å². The molecule has 8 heteroatoms. The van der Waals surface area contributed by atoms with E-state index in [0.29, 0.717) is 22.8 Å². The van der Waals surface area contributed by atoms with Gasteiger partial charge in [0.25, 0.3) is 0 Å². The zero-order valence-electron chi connectivity index (χ0n) is 13.0. The van der Waals surface area contributed by atoms with Crippen LogP contribution in [0.2, 0.25) is 0 Å². The number of aromatic nitrogens is 3. The van der Waals surface area contributed by atoms with Crippen molar-refractivity contribution in [3.8, 4) is 11.3 Å². The fourth-order valence-electron chi connectivity index (χ4n) is 2.28. The number of carbonyl (C=O) groups is 2. The van der Waals surface area contributed by atoms with Gasteiger partial charge in [-0.05, 0) is 18.2 Å². The number of carbonyl (C=O) groups excluding carboxylic acids is 2. The van der Waals surface area contributed by atoms with Crippen LogP contribution in [-0.2, 0) is 9.59 Å². The first-order valence-electron chi connectivity index (χ1n) is 7.12. The lowest BCUT2D eigenvalue weighted by atomic mass is 10.1. The summed E-state index contributed by atoms with van der Waals surface area (Å²) in [5.41, 5.74) is 1.59. The molecule has 0 unspecified atom stereocenters. The van der Waals surface area contributed by atoms with Crippen LogP contribution in [0.25, 0.3) is 17.0 Å². The van der Waals surface area contributed by atoms with Crippen molar-refractivity contribution in [2.45, 2.75) is 13.8 Å². The Kier molecular flexibility index (Phi) is 3.95. The standard InChI is InChI=1S/C16H14FN5O2/c1-9(23)19-11-3-4-14(17)13(5-11)15-8-22-7-12(20-10(2)24)6-18-16(22)21-15/h3-8H,1-2H3,(H,19,23)(H,20,24). The van der Waals surface area contributed by atoms with Crippen molar-refractivity contribution in [2.75, 3.05) is 10.6 Å². The molecule has 122 valence electrons. The van der Waals surface area contributed by atoms with Crippen molar-refractivity contribution in [2.24, 2.45) is 0 Å². The minimum Gasteiger partial charge on any atom is -0.326 e. The Hall–Kier alpha value is -3.29. The molecule has 7 nitrogen and oxygen atoms in total. The highest BCUT2D eigenvalue weighted by molar-refractivity contribution is 5.89. The van der Waals surface area contributed by atoms with Gasteiger partial charge < -0.3 is 10.6 Å². The summed E-state index contributed by atoms with van der Waals surface area (Å²) in [6.45, 7) is 2.77. The van der Waals surface area contributed by atoms with Crippen LogP contribution in [-0.4, -0.2) is 26.2 Å². The van der Waals surface area contributed by atoms with E-state index in [2.05, 4.69) is 20.6 Å². The van der Waals surface area contributed by atoms with E-state index < -0.39 is 5.82 Å². The predicted octanol–water partition coefficient (Wildman–Crippen LogP) is 2.45. The number of amides is 2. The summed E-state index contributed by atoms with van der Waals surface area (Å²) in [4.78, 5) is 30.6. The van der Waals surface area contributed by atoms with E-state index in [1.54, 1.807) is 16.8 Å². The number of hydrogen-bond donors (Lipinski definition) is 2. The maximum absolute atomic E-state index is 14.1. The first-order chi connectivity index (χ1) is 11.4. The Morgan fingerprint density at radius 2 is 1.79 bits per heavy atom. The van der Waals surface area contributed by atoms with E-state index in [0.717, 1.165) is 0 Å². The van der Waals surface area contributed by atoms with Crippen LogP contribution >= 0.6 is 0 Å². The highest BCUT2D eigenvalue weighted by Gasteiger charge is 2.12. The molecule has 2 heterocycles. The molecule has 0 aliphatic rings. The Bertz CT molecular complexity index is 951. The largest absolute Gasteiger partial charge is 0.326 e. The van der Waals surface area contributed by atoms with Crippen molar-refractivity contribution in [1.82, 2.24) is 14.4 Å². The van der Waals surface area contributed by atoms with Crippen molar-refractivity contribution in [3.05, 3.63) is 42.6 Å². The van der Waals surface area contributed by atoms with E-state index in [1.165, 1.54) is 38.2 Å². The van der Waals surface area contributed by atoms with E-state index in [-0.39, 0.29) is 17.4 Å². The van der Waals surface area contributed by atoms with Crippen LogP contribution in [0.4, 0.5) is 15.8 Å². The molecule has 0 aliphatic carbocycles. The third-order valence-electron chi connectivity index (χ3n) is 3.19. The number of benzene rings is 1. The lowest BCUT2D eigenvalue weighted by molar-refractivity contribution is -0.115. The fraction of sp³-hybridized carbons (Fsp3) is 0.125. The second-order valence-corrected chi connectivity index (χ2v) is 5.23. The van der Waals surface area contributed by atoms with Crippen molar-refractivity contribution in [1.29, 1.82) is 0 Å². The highest BCUT2D eigenvalue weighted by atomic mass is 19.1. The predicted molar refractivity (Wildman–Crippen MR) is 87.0 cm³/mol. The Balaban J connectivity index is 2.02. The third-order valence-corrected chi connectivity index (χ3v) is 3.19. The van der Waals surface area contributed by atoms with Crippen molar-refractivity contribution >= 4 is 29.0 Å². The summed E-state index contributed by atoms with van der Waals surface area (Å²) in [6.07, 6.45) is 4.71. The SMILES string of the molecule is CC(=O)Nc1ccc(F)c(-c2cn3cc(NC(C)=O)cnc3n2)c1. The summed E-state index contributed by atoms with van der Waals surface area (Å²) in [6, 6.07) is 4.25. The number of halogens is 1. The molecule has 0 spiro atoms. The minimum atomic E-state index is -0.463. The number of nitrogens with zero attached hydrogens (tertiary/aromatic N) is 3. The molecular weight excluding hydrogens is 313 g/mol. The van der Waals surface area contributed by atoms with E-state index >= 15 is 0 Å². The van der Waals surface area contributed by atoms with Gasteiger partial charge in [0.2, 0.25) is 17.6 Å². The molecule has 0 radical (unpaired) electrons. The number of imidazole rings is 1. The zero-order chi connectivity index (χ0) is 17.3. The monoisotopic (exact) mass is 327 g/mol. The number of hydrogen-bond acceptors (Lipinski definition) is 4. The number of nitrogens with one attached hydrogen (secondary N) is 2. The van der Waals surface area contributed by atoms with Crippen molar-refractivity contribution < 1.29 is 14.0 Å². The number of anilines is 2. The van der Waals surface area contributed by atoms with Crippen LogP contribution in [0.1, 0.15) is 13.8 Å². The maximum atomic E-state index is 14.1. The first-order valence-corrected chi connectivity index (χ1v) is 7.12. The molecule has 0 saturated carbocycles. The highest BCUT2D eigenvalue weighted by Crippen LogP contribution is 2.26. The molecule has 0 atom stereocenters. The molecule has 2 aromatic heterocycles. The van der Waals surface area contributed by atoms with Crippen LogP contribution < -0.4 is 10.6 Å². The number of fused-ring (bicyclic) bond motifs is 1. The summed E-state index contributed by atoms with van der Waals surface area (Å²) in [5.74, 6) is -0.562. The summed E-state index contributed by atoms with van der Waals surface area (Å²) >= 11 is 0. The first kappa shape index (κ1) is 15.6. The second kappa shape index (κ2) is 6.07. The molecule has 2 amide bonds. The van der Waals surface area contributed by atoms with Gasteiger partial charge >= 0.3 is 0 Å². The average Bonchev–Trinajstić information content (AvgIpc) is 2.91. The van der Waals surface area contributed by atoms with Crippen LogP contribution in [0.5, 0.6) is 0 Å². The van der Waals surface area contributed by atoms with Gasteiger partial charge in [-0.1, -0.05) is 0 Å². The molecule has 0 fully saturated rings. The van der Waals surface area contributed by atoms with E-state index in [4.69, 9.17) is 0 Å². The molecule has 1 aromatic carbocycles. The van der Waals surface area contributed by atoms with Crippen LogP contribution in [0, 0.1) is 5.82 Å². The third kappa shape index (κ3) is 3.22. The van der Waals surface area contributed by atoms with Crippen LogP contribution in [0.15, 0.2) is 36.8 Å². The lowest BCUT2D eigenvalue weighted by Gasteiger charge is -2.05. The van der Waals surface area contributed by atoms with Gasteiger partial charge in [0.05, 0.1) is 17.6 Å². The summed E-state index contributed by atoms with van der Waals surface area (Å²) in [5, 5.41) is 5.22. The molecule has 2 N–H and O–H groups in total. The molecule has 0 aliphatic heterocycles. The van der Waals surface area contributed by atoms with Gasteiger partial charge in [-0.2, -0.15) is 0 Å². The fourth-order valence-corrected chi connectivity index (χ4v) is 2.28. The van der Waals surface area contributed by atoms with E-state index in [1.807, 2.05) is 0 Å². The Morgan fingerprint density at radius 3 is 2.50 bits per heavy atom. The zero-order valence-corrected chi connectivity index (χ0v) is 13.0. The molecule has 3 rings (SSSR count). The molecule has 0 bridgehead atoms. The molecule has 3 aromatic rings. The topological polar surface area (TPSA) is 88.4 Å². The summed E-state index contributed by atoms with van der Waals surface area (Å²) in [7, 11) is 0. The van der Waals surface area contributed by atoms with Gasteiger partial charge in [0.15, 0.2) is 0 Å². The molecule has 0 saturated heterocycles. The molecule has 24 heavy (non-hydrogen) atoms.